The molecule has 0 aromatic rings. The summed E-state index contributed by atoms with van der Waals surface area (Å²) in [7, 11) is 0. The van der Waals surface area contributed by atoms with Gasteiger partial charge in [-0.1, -0.05) is 15.9 Å². The summed E-state index contributed by atoms with van der Waals surface area (Å²) in [4.78, 5) is 10.4. The molecule has 64 valence electrons. The van der Waals surface area contributed by atoms with Crippen LogP contribution in [0.1, 0.15) is 19.8 Å². The van der Waals surface area contributed by atoms with Crippen LogP contribution in [0.2, 0.25) is 0 Å². The van der Waals surface area contributed by atoms with Crippen LogP contribution in [0.5, 0.6) is 0 Å². The first-order valence-electron chi connectivity index (χ1n) is 3.61. The minimum Gasteiger partial charge on any atom is -0.463 e. The van der Waals surface area contributed by atoms with Gasteiger partial charge in [-0.25, -0.2) is 0 Å². The second-order valence-corrected chi connectivity index (χ2v) is 3.57. The minimum atomic E-state index is -0.244. The summed E-state index contributed by atoms with van der Waals surface area (Å²) in [5, 5.41) is 0.142. The lowest BCUT2D eigenvalue weighted by molar-refractivity contribution is -0.144. The van der Waals surface area contributed by atoms with E-state index in [4.69, 9.17) is 9.47 Å². The topological polar surface area (TPSA) is 35.5 Å². The maximum atomic E-state index is 10.4. The number of ether oxygens (including phenoxy) is 2. The van der Waals surface area contributed by atoms with Gasteiger partial charge in [0.25, 0.3) is 0 Å². The Morgan fingerprint density at radius 2 is 2.45 bits per heavy atom. The van der Waals surface area contributed by atoms with Gasteiger partial charge in [-0.05, 0) is 12.8 Å². The van der Waals surface area contributed by atoms with E-state index in [1.807, 2.05) is 0 Å². The predicted molar refractivity (Wildman–Crippen MR) is 43.5 cm³/mol. The van der Waals surface area contributed by atoms with Crippen LogP contribution in [0, 0.1) is 0 Å². The van der Waals surface area contributed by atoms with Crippen molar-refractivity contribution in [2.45, 2.75) is 30.9 Å². The fourth-order valence-corrected chi connectivity index (χ4v) is 1.56. The summed E-state index contributed by atoms with van der Waals surface area (Å²) in [6.07, 6.45) is 2.04. The first kappa shape index (κ1) is 9.00. The zero-order valence-electron chi connectivity index (χ0n) is 6.38. The molecule has 1 aliphatic heterocycles. The van der Waals surface area contributed by atoms with E-state index in [9.17, 15) is 4.79 Å². The Balaban J connectivity index is 2.13. The first-order chi connectivity index (χ1) is 5.18. The minimum absolute atomic E-state index is 0.0864. The molecule has 1 heterocycles. The van der Waals surface area contributed by atoms with E-state index in [1.165, 1.54) is 6.92 Å². The lowest BCUT2D eigenvalue weighted by atomic mass is 10.2. The number of alkyl halides is 1. The first-order valence-corrected chi connectivity index (χ1v) is 4.53. The largest absolute Gasteiger partial charge is 0.463 e. The Kier molecular flexibility index (Phi) is 3.33. The molecule has 0 saturated carbocycles. The molecule has 2 atom stereocenters. The number of halogens is 1. The molecule has 0 aliphatic carbocycles. The summed E-state index contributed by atoms with van der Waals surface area (Å²) < 4.78 is 10.1. The molecule has 1 rings (SSSR count). The van der Waals surface area contributed by atoms with Gasteiger partial charge in [0, 0.05) is 6.92 Å². The fourth-order valence-electron chi connectivity index (χ4n) is 0.995. The number of rotatable bonds is 2. The molecular weight excluding hydrogens is 212 g/mol. The van der Waals surface area contributed by atoms with Crippen LogP contribution >= 0.6 is 15.9 Å². The lowest BCUT2D eigenvalue weighted by Crippen LogP contribution is -2.16. The quantitative estimate of drug-likeness (QED) is 0.525. The Labute approximate surface area is 74.2 Å². The number of hydrogen-bond acceptors (Lipinski definition) is 3. The highest BCUT2D eigenvalue weighted by Crippen LogP contribution is 2.23. The average Bonchev–Trinajstić information content (AvgIpc) is 2.31. The van der Waals surface area contributed by atoms with E-state index in [0.29, 0.717) is 6.61 Å². The normalized spacial score (nSPS) is 30.4. The van der Waals surface area contributed by atoms with E-state index in [-0.39, 0.29) is 17.1 Å². The van der Waals surface area contributed by atoms with Crippen molar-refractivity contribution in [1.82, 2.24) is 0 Å². The molecule has 2 unspecified atom stereocenters. The molecule has 3 nitrogen and oxygen atoms in total. The summed E-state index contributed by atoms with van der Waals surface area (Å²) in [6, 6.07) is 0. The van der Waals surface area contributed by atoms with Crippen molar-refractivity contribution in [3.63, 3.8) is 0 Å². The highest BCUT2D eigenvalue weighted by atomic mass is 79.9. The van der Waals surface area contributed by atoms with Crippen LogP contribution in [-0.4, -0.2) is 23.7 Å². The Hall–Kier alpha value is -0.0900. The van der Waals surface area contributed by atoms with Gasteiger partial charge in [-0.3, -0.25) is 4.79 Å². The molecule has 0 radical (unpaired) electrons. The Bertz CT molecular complexity index is 149. The van der Waals surface area contributed by atoms with Crippen LogP contribution in [-0.2, 0) is 14.3 Å². The average molecular weight is 223 g/mol. The standard InChI is InChI=1S/C7H11BrO3/c1-5(9)10-4-6-2-3-7(8)11-6/h6-7H,2-4H2,1H3. The zero-order valence-corrected chi connectivity index (χ0v) is 7.96. The lowest BCUT2D eigenvalue weighted by Gasteiger charge is -2.09. The Morgan fingerprint density at radius 3 is 2.91 bits per heavy atom. The van der Waals surface area contributed by atoms with Crippen molar-refractivity contribution in [1.29, 1.82) is 0 Å². The van der Waals surface area contributed by atoms with Gasteiger partial charge >= 0.3 is 5.97 Å². The highest BCUT2D eigenvalue weighted by Gasteiger charge is 2.23. The summed E-state index contributed by atoms with van der Waals surface area (Å²) in [5.41, 5.74) is 0. The molecule has 4 heteroatoms. The van der Waals surface area contributed by atoms with Crippen molar-refractivity contribution in [2.75, 3.05) is 6.61 Å². The summed E-state index contributed by atoms with van der Waals surface area (Å²) in [6.45, 7) is 1.79. The predicted octanol–water partition coefficient (Wildman–Crippen LogP) is 1.45. The smallest absolute Gasteiger partial charge is 0.302 e. The number of carbonyl (C=O) groups excluding carboxylic acids is 1. The van der Waals surface area contributed by atoms with Gasteiger partial charge in [0.1, 0.15) is 11.6 Å². The molecule has 0 spiro atoms. The molecule has 11 heavy (non-hydrogen) atoms. The monoisotopic (exact) mass is 222 g/mol. The van der Waals surface area contributed by atoms with Gasteiger partial charge in [0.15, 0.2) is 0 Å². The number of carbonyl (C=O) groups is 1. The maximum absolute atomic E-state index is 10.4. The van der Waals surface area contributed by atoms with Crippen LogP contribution < -0.4 is 0 Å². The molecule has 0 aromatic heterocycles. The summed E-state index contributed by atoms with van der Waals surface area (Å²) >= 11 is 3.32. The third-order valence-corrected chi connectivity index (χ3v) is 2.20. The SMILES string of the molecule is CC(=O)OCC1CCC(Br)O1. The fraction of sp³-hybridized carbons (Fsp3) is 0.857. The summed E-state index contributed by atoms with van der Waals surface area (Å²) in [5.74, 6) is -0.244. The van der Waals surface area contributed by atoms with Crippen LogP contribution in [0.4, 0.5) is 0 Å². The molecule has 0 aromatic carbocycles. The van der Waals surface area contributed by atoms with Gasteiger partial charge in [0.2, 0.25) is 0 Å². The third-order valence-electron chi connectivity index (χ3n) is 1.53. The van der Waals surface area contributed by atoms with Crippen molar-refractivity contribution in [3.8, 4) is 0 Å². The van der Waals surface area contributed by atoms with Crippen molar-refractivity contribution >= 4 is 21.9 Å². The molecule has 1 fully saturated rings. The second kappa shape index (κ2) is 4.07. The molecule has 0 bridgehead atoms. The van der Waals surface area contributed by atoms with E-state index >= 15 is 0 Å². The van der Waals surface area contributed by atoms with Gasteiger partial charge in [-0.15, -0.1) is 0 Å². The number of hydrogen-bond donors (Lipinski definition) is 0. The van der Waals surface area contributed by atoms with E-state index in [2.05, 4.69) is 15.9 Å². The molecule has 1 aliphatic rings. The van der Waals surface area contributed by atoms with Gasteiger partial charge in [0.05, 0.1) is 6.10 Å². The molecule has 0 N–H and O–H groups in total. The van der Waals surface area contributed by atoms with Crippen molar-refractivity contribution < 1.29 is 14.3 Å². The maximum Gasteiger partial charge on any atom is 0.302 e. The highest BCUT2D eigenvalue weighted by molar-refractivity contribution is 9.09. The van der Waals surface area contributed by atoms with Crippen molar-refractivity contribution in [3.05, 3.63) is 0 Å². The van der Waals surface area contributed by atoms with Crippen molar-refractivity contribution in [2.24, 2.45) is 0 Å². The van der Waals surface area contributed by atoms with Gasteiger partial charge < -0.3 is 9.47 Å². The van der Waals surface area contributed by atoms with Gasteiger partial charge in [-0.2, -0.15) is 0 Å². The van der Waals surface area contributed by atoms with Crippen LogP contribution in [0.25, 0.3) is 0 Å². The third kappa shape index (κ3) is 3.20. The molecule has 0 amide bonds. The van der Waals surface area contributed by atoms with Crippen LogP contribution in [0.3, 0.4) is 0 Å². The second-order valence-electron chi connectivity index (χ2n) is 2.55. The van der Waals surface area contributed by atoms with E-state index in [1.54, 1.807) is 0 Å². The van der Waals surface area contributed by atoms with Crippen LogP contribution in [0.15, 0.2) is 0 Å². The Morgan fingerprint density at radius 1 is 1.73 bits per heavy atom. The molecular formula is C7H11BrO3. The zero-order chi connectivity index (χ0) is 8.27. The van der Waals surface area contributed by atoms with E-state index in [0.717, 1.165) is 12.8 Å². The number of esters is 1. The molecule has 1 saturated heterocycles. The van der Waals surface area contributed by atoms with E-state index < -0.39 is 0 Å².